The predicted molar refractivity (Wildman–Crippen MR) is 106 cm³/mol. The maximum Gasteiger partial charge on any atom is 0.340 e. The van der Waals surface area contributed by atoms with Gasteiger partial charge >= 0.3 is 5.97 Å². The molecule has 3 rings (SSSR count). The van der Waals surface area contributed by atoms with E-state index in [1.54, 1.807) is 37.6 Å². The smallest absolute Gasteiger partial charge is 0.340 e. The van der Waals surface area contributed by atoms with Crippen LogP contribution in [0.5, 0.6) is 0 Å². The van der Waals surface area contributed by atoms with Gasteiger partial charge in [0.15, 0.2) is 6.61 Å². The number of esters is 1. The second-order valence-corrected chi connectivity index (χ2v) is 6.29. The zero-order chi connectivity index (χ0) is 19.8. The highest BCUT2D eigenvalue weighted by Gasteiger charge is 2.16. The summed E-state index contributed by atoms with van der Waals surface area (Å²) in [7, 11) is 1.68. The normalized spacial score (nSPS) is 10.3. The fraction of sp³-hybridized carbons (Fsp3) is 0.182. The van der Waals surface area contributed by atoms with Crippen molar-refractivity contribution in [2.24, 2.45) is 0 Å². The molecule has 0 radical (unpaired) electrons. The van der Waals surface area contributed by atoms with Crippen molar-refractivity contribution >= 4 is 17.6 Å². The summed E-state index contributed by atoms with van der Waals surface area (Å²) in [6.07, 6.45) is 1.59. The molecule has 2 aromatic carbocycles. The number of furan rings is 1. The van der Waals surface area contributed by atoms with Crippen molar-refractivity contribution in [1.29, 1.82) is 0 Å². The minimum atomic E-state index is -0.552. The topological polar surface area (TPSA) is 71.8 Å². The van der Waals surface area contributed by atoms with Crippen LogP contribution in [0.1, 0.15) is 21.7 Å². The average molecular weight is 378 g/mol. The molecule has 0 aliphatic carbocycles. The van der Waals surface area contributed by atoms with Crippen LogP contribution in [-0.2, 0) is 22.6 Å². The van der Waals surface area contributed by atoms with Gasteiger partial charge in [-0.05, 0) is 29.8 Å². The van der Waals surface area contributed by atoms with Gasteiger partial charge in [0, 0.05) is 19.3 Å². The largest absolute Gasteiger partial charge is 0.467 e. The highest BCUT2D eigenvalue weighted by molar-refractivity contribution is 5.96. The number of hydrogen-bond acceptors (Lipinski definition) is 5. The van der Waals surface area contributed by atoms with E-state index in [-0.39, 0.29) is 12.5 Å². The Bertz CT molecular complexity index is 907. The third kappa shape index (κ3) is 5.23. The van der Waals surface area contributed by atoms with E-state index in [1.165, 1.54) is 4.90 Å². The van der Waals surface area contributed by atoms with Gasteiger partial charge in [-0.1, -0.05) is 42.5 Å². The Hall–Kier alpha value is -3.54. The molecule has 0 saturated heterocycles. The van der Waals surface area contributed by atoms with Crippen LogP contribution in [0.3, 0.4) is 0 Å². The lowest BCUT2D eigenvalue weighted by atomic mass is 10.2. The van der Waals surface area contributed by atoms with Gasteiger partial charge in [-0.2, -0.15) is 0 Å². The molecule has 144 valence electrons. The van der Waals surface area contributed by atoms with E-state index in [0.29, 0.717) is 24.3 Å². The van der Waals surface area contributed by atoms with E-state index < -0.39 is 5.97 Å². The second kappa shape index (κ2) is 9.41. The van der Waals surface area contributed by atoms with E-state index in [9.17, 15) is 9.59 Å². The van der Waals surface area contributed by atoms with E-state index >= 15 is 0 Å². The van der Waals surface area contributed by atoms with Crippen molar-refractivity contribution in [2.75, 3.05) is 19.0 Å². The first-order chi connectivity index (χ1) is 13.6. The van der Waals surface area contributed by atoms with E-state index in [2.05, 4.69) is 5.32 Å². The fourth-order valence-corrected chi connectivity index (χ4v) is 2.67. The summed E-state index contributed by atoms with van der Waals surface area (Å²) < 4.78 is 10.5. The monoisotopic (exact) mass is 378 g/mol. The first kappa shape index (κ1) is 19.2. The summed E-state index contributed by atoms with van der Waals surface area (Å²) in [4.78, 5) is 26.3. The number of benzene rings is 2. The number of anilines is 1. The number of nitrogens with one attached hydrogen (secondary N) is 1. The van der Waals surface area contributed by atoms with Gasteiger partial charge in [0.2, 0.25) is 0 Å². The van der Waals surface area contributed by atoms with Crippen molar-refractivity contribution in [2.45, 2.75) is 13.1 Å². The van der Waals surface area contributed by atoms with Crippen LogP contribution in [-0.4, -0.2) is 30.4 Å². The molecule has 0 saturated carbocycles. The molecule has 0 aliphatic heterocycles. The molecule has 6 heteroatoms. The van der Waals surface area contributed by atoms with E-state index in [4.69, 9.17) is 9.15 Å². The summed E-state index contributed by atoms with van der Waals surface area (Å²) in [5.74, 6) is -0.0666. The third-order valence-corrected chi connectivity index (χ3v) is 4.20. The van der Waals surface area contributed by atoms with E-state index in [0.717, 1.165) is 11.3 Å². The third-order valence-electron chi connectivity index (χ3n) is 4.20. The Morgan fingerprint density at radius 2 is 1.75 bits per heavy atom. The van der Waals surface area contributed by atoms with Crippen LogP contribution in [0.4, 0.5) is 5.69 Å². The molecule has 3 aromatic rings. The van der Waals surface area contributed by atoms with Crippen molar-refractivity contribution in [3.63, 3.8) is 0 Å². The number of carbonyl (C=O) groups excluding carboxylic acids is 2. The molecule has 0 bridgehead atoms. The van der Waals surface area contributed by atoms with Crippen LogP contribution >= 0.6 is 0 Å². The number of ether oxygens (including phenoxy) is 1. The summed E-state index contributed by atoms with van der Waals surface area (Å²) in [6.45, 7) is 0.587. The summed E-state index contributed by atoms with van der Waals surface area (Å²) in [5, 5.41) is 3.15. The van der Waals surface area contributed by atoms with Crippen LogP contribution < -0.4 is 5.32 Å². The van der Waals surface area contributed by atoms with E-state index in [1.807, 2.05) is 42.5 Å². The van der Waals surface area contributed by atoms with Gasteiger partial charge in [-0.15, -0.1) is 0 Å². The van der Waals surface area contributed by atoms with Gasteiger partial charge in [-0.3, -0.25) is 4.79 Å². The predicted octanol–water partition coefficient (Wildman–Crippen LogP) is 3.71. The summed E-state index contributed by atoms with van der Waals surface area (Å²) in [5.41, 5.74) is 2.00. The lowest BCUT2D eigenvalue weighted by Crippen LogP contribution is -2.30. The standard InChI is InChI=1S/C22H22N2O4/c1-24(15-17-8-3-2-4-9-17)21(25)16-28-22(26)19-11-5-6-12-20(19)23-14-18-10-7-13-27-18/h2-13,23H,14-16H2,1H3. The average Bonchev–Trinajstić information content (AvgIpc) is 3.25. The highest BCUT2D eigenvalue weighted by Crippen LogP contribution is 2.17. The zero-order valence-electron chi connectivity index (χ0n) is 15.6. The lowest BCUT2D eigenvalue weighted by molar-refractivity contribution is -0.133. The Morgan fingerprint density at radius 3 is 2.50 bits per heavy atom. The minimum Gasteiger partial charge on any atom is -0.467 e. The van der Waals surface area contributed by atoms with Gasteiger partial charge in [0.1, 0.15) is 5.76 Å². The van der Waals surface area contributed by atoms with Gasteiger partial charge < -0.3 is 19.4 Å². The first-order valence-corrected chi connectivity index (χ1v) is 8.94. The molecule has 1 heterocycles. The first-order valence-electron chi connectivity index (χ1n) is 8.94. The lowest BCUT2D eigenvalue weighted by Gasteiger charge is -2.17. The molecule has 1 amide bonds. The maximum atomic E-state index is 12.5. The molecule has 0 aliphatic rings. The molecule has 0 fully saturated rings. The zero-order valence-corrected chi connectivity index (χ0v) is 15.6. The maximum absolute atomic E-state index is 12.5. The quantitative estimate of drug-likeness (QED) is 0.605. The van der Waals surface area contributed by atoms with Crippen molar-refractivity contribution < 1.29 is 18.7 Å². The fourth-order valence-electron chi connectivity index (χ4n) is 2.67. The Kier molecular flexibility index (Phi) is 6.46. The second-order valence-electron chi connectivity index (χ2n) is 6.29. The number of amides is 1. The molecule has 0 unspecified atom stereocenters. The molecule has 6 nitrogen and oxygen atoms in total. The molecule has 0 atom stereocenters. The number of nitrogens with zero attached hydrogens (tertiary/aromatic N) is 1. The van der Waals surface area contributed by atoms with Gasteiger partial charge in [0.05, 0.1) is 18.4 Å². The molecule has 1 aromatic heterocycles. The number of carbonyl (C=O) groups is 2. The number of rotatable bonds is 8. The summed E-state index contributed by atoms with van der Waals surface area (Å²) >= 11 is 0. The SMILES string of the molecule is CN(Cc1ccccc1)C(=O)COC(=O)c1ccccc1NCc1ccco1. The Labute approximate surface area is 163 Å². The molecular weight excluding hydrogens is 356 g/mol. The van der Waals surface area contributed by atoms with Gasteiger partial charge in [-0.25, -0.2) is 4.79 Å². The number of likely N-dealkylation sites (N-methyl/N-ethyl adjacent to an activating group) is 1. The van der Waals surface area contributed by atoms with Crippen LogP contribution in [0, 0.1) is 0 Å². The van der Waals surface area contributed by atoms with Crippen LogP contribution in [0.25, 0.3) is 0 Å². The molecule has 0 spiro atoms. The van der Waals surface area contributed by atoms with Crippen molar-refractivity contribution in [3.8, 4) is 0 Å². The summed E-state index contributed by atoms with van der Waals surface area (Å²) in [6, 6.07) is 20.3. The molecular formula is C22H22N2O4. The van der Waals surface area contributed by atoms with Crippen LogP contribution in [0.15, 0.2) is 77.4 Å². The van der Waals surface area contributed by atoms with Crippen molar-refractivity contribution in [3.05, 3.63) is 89.9 Å². The molecule has 28 heavy (non-hydrogen) atoms. The highest BCUT2D eigenvalue weighted by atomic mass is 16.5. The Morgan fingerprint density at radius 1 is 1.00 bits per heavy atom. The minimum absolute atomic E-state index is 0.266. The Balaban J connectivity index is 1.55. The number of para-hydroxylation sites is 1. The van der Waals surface area contributed by atoms with Crippen molar-refractivity contribution in [1.82, 2.24) is 4.90 Å². The van der Waals surface area contributed by atoms with Gasteiger partial charge in [0.25, 0.3) is 5.91 Å². The molecule has 1 N–H and O–H groups in total. The number of hydrogen-bond donors (Lipinski definition) is 1. The van der Waals surface area contributed by atoms with Crippen LogP contribution in [0.2, 0.25) is 0 Å².